The van der Waals surface area contributed by atoms with Crippen LogP contribution < -0.4 is 14.2 Å². The Morgan fingerprint density at radius 1 is 0.946 bits per heavy atom. The Balaban J connectivity index is 1.50. The van der Waals surface area contributed by atoms with Crippen molar-refractivity contribution in [2.75, 3.05) is 19.8 Å². The lowest BCUT2D eigenvalue weighted by molar-refractivity contribution is -0.123. The van der Waals surface area contributed by atoms with E-state index >= 15 is 0 Å². The van der Waals surface area contributed by atoms with Gasteiger partial charge in [-0.1, -0.05) is 48.0 Å². The summed E-state index contributed by atoms with van der Waals surface area (Å²) in [5, 5.41) is -0.327. The summed E-state index contributed by atoms with van der Waals surface area (Å²) in [6, 6.07) is 19.3. The molecule has 0 radical (unpaired) electrons. The third kappa shape index (κ3) is 6.77. The zero-order valence-electron chi connectivity index (χ0n) is 20.3. The molecule has 0 atom stereocenters. The van der Waals surface area contributed by atoms with Crippen LogP contribution in [0.25, 0.3) is 6.08 Å². The fourth-order valence-corrected chi connectivity index (χ4v) is 5.36. The van der Waals surface area contributed by atoms with Crippen molar-refractivity contribution in [2.24, 2.45) is 0 Å². The van der Waals surface area contributed by atoms with Crippen LogP contribution in [0.1, 0.15) is 23.6 Å². The first-order chi connectivity index (χ1) is 17.9. The molecule has 2 amide bonds. The maximum Gasteiger partial charge on any atom is 0.293 e. The van der Waals surface area contributed by atoms with Crippen LogP contribution >= 0.6 is 43.6 Å². The largest absolute Gasteiger partial charge is 0.492 e. The molecule has 3 aromatic rings. The molecule has 0 bridgehead atoms. The Morgan fingerprint density at radius 3 is 2.38 bits per heavy atom. The van der Waals surface area contributed by atoms with Gasteiger partial charge in [0.15, 0.2) is 11.5 Å². The van der Waals surface area contributed by atoms with Gasteiger partial charge in [0, 0.05) is 4.47 Å². The monoisotopic (exact) mass is 645 g/mol. The Labute approximate surface area is 237 Å². The zero-order chi connectivity index (χ0) is 26.4. The van der Waals surface area contributed by atoms with Gasteiger partial charge >= 0.3 is 0 Å². The van der Waals surface area contributed by atoms with Gasteiger partial charge in [0.05, 0.1) is 22.5 Å². The van der Waals surface area contributed by atoms with Crippen LogP contribution in [-0.2, 0) is 11.4 Å². The first-order valence-corrected chi connectivity index (χ1v) is 14.0. The van der Waals surface area contributed by atoms with Crippen molar-refractivity contribution >= 4 is 60.8 Å². The van der Waals surface area contributed by atoms with Crippen molar-refractivity contribution in [1.82, 2.24) is 4.90 Å². The molecule has 1 fully saturated rings. The number of benzene rings is 3. The second-order valence-electron chi connectivity index (χ2n) is 8.12. The summed E-state index contributed by atoms with van der Waals surface area (Å²) in [5.74, 6) is 1.43. The lowest BCUT2D eigenvalue weighted by Gasteiger charge is -2.17. The summed E-state index contributed by atoms with van der Waals surface area (Å²) in [5.41, 5.74) is 2.84. The third-order valence-corrected chi connectivity index (χ3v) is 8.50. The van der Waals surface area contributed by atoms with Gasteiger partial charge in [0.2, 0.25) is 0 Å². The number of thioether (sulfide) groups is 1. The summed E-state index contributed by atoms with van der Waals surface area (Å²) >= 11 is 8.12. The van der Waals surface area contributed by atoms with E-state index in [-0.39, 0.29) is 24.3 Å². The number of hydrogen-bond donors (Lipinski definition) is 0. The van der Waals surface area contributed by atoms with Gasteiger partial charge in [-0.15, -0.1) is 0 Å². The summed E-state index contributed by atoms with van der Waals surface area (Å²) in [6.45, 7) is 5.07. The Morgan fingerprint density at radius 2 is 1.68 bits per heavy atom. The maximum absolute atomic E-state index is 13.0. The van der Waals surface area contributed by atoms with Gasteiger partial charge in [0.25, 0.3) is 11.1 Å². The second-order valence-corrected chi connectivity index (χ2v) is 10.7. The van der Waals surface area contributed by atoms with Crippen molar-refractivity contribution in [3.63, 3.8) is 0 Å². The van der Waals surface area contributed by atoms with Gasteiger partial charge in [0.1, 0.15) is 19.0 Å². The molecule has 6 nitrogen and oxygen atoms in total. The predicted octanol–water partition coefficient (Wildman–Crippen LogP) is 7.61. The molecule has 0 aromatic heterocycles. The Kier molecular flexibility index (Phi) is 9.34. The summed E-state index contributed by atoms with van der Waals surface area (Å²) in [4.78, 5) is 27.1. The van der Waals surface area contributed by atoms with Crippen molar-refractivity contribution in [3.8, 4) is 17.2 Å². The number of rotatable bonds is 10. The smallest absolute Gasteiger partial charge is 0.293 e. The van der Waals surface area contributed by atoms with E-state index in [4.69, 9.17) is 14.2 Å². The number of nitrogens with zero attached hydrogens (tertiary/aromatic N) is 1. The molecule has 37 heavy (non-hydrogen) atoms. The van der Waals surface area contributed by atoms with Crippen molar-refractivity contribution in [1.29, 1.82) is 0 Å². The fraction of sp³-hybridized carbons (Fsp3) is 0.214. The van der Waals surface area contributed by atoms with E-state index in [9.17, 15) is 9.59 Å². The molecule has 0 N–H and O–H groups in total. The van der Waals surface area contributed by atoms with Crippen LogP contribution in [0.15, 0.2) is 74.5 Å². The zero-order valence-corrected chi connectivity index (χ0v) is 24.3. The molecule has 3 aromatic carbocycles. The Bertz CT molecular complexity index is 1310. The third-order valence-electron chi connectivity index (χ3n) is 5.45. The molecule has 1 aliphatic heterocycles. The number of carbonyl (C=O) groups excluding carboxylic acids is 2. The molecular formula is C28H25Br2NO5S. The fourth-order valence-electron chi connectivity index (χ4n) is 3.56. The maximum atomic E-state index is 13.0. The average molecular weight is 647 g/mol. The molecule has 1 saturated heterocycles. The van der Waals surface area contributed by atoms with Gasteiger partial charge in [-0.2, -0.15) is 0 Å². The van der Waals surface area contributed by atoms with Crippen molar-refractivity contribution in [2.45, 2.75) is 20.5 Å². The molecule has 0 unspecified atom stereocenters. The number of ether oxygens (including phenoxy) is 3. The number of amides is 2. The van der Waals surface area contributed by atoms with Crippen LogP contribution in [0.3, 0.4) is 0 Å². The number of carbonyl (C=O) groups is 2. The molecule has 192 valence electrons. The quantitative estimate of drug-likeness (QED) is 0.211. The van der Waals surface area contributed by atoms with Crippen molar-refractivity contribution < 1.29 is 23.8 Å². The summed E-state index contributed by atoms with van der Waals surface area (Å²) in [7, 11) is 0. The van der Waals surface area contributed by atoms with E-state index in [2.05, 4.69) is 31.9 Å². The number of imide groups is 1. The molecule has 0 spiro atoms. The molecular weight excluding hydrogens is 622 g/mol. The molecule has 1 aliphatic rings. The van der Waals surface area contributed by atoms with Gasteiger partial charge in [-0.25, -0.2) is 0 Å². The van der Waals surface area contributed by atoms with E-state index < -0.39 is 0 Å². The van der Waals surface area contributed by atoms with Crippen LogP contribution in [0.2, 0.25) is 0 Å². The van der Waals surface area contributed by atoms with E-state index in [1.54, 1.807) is 12.1 Å². The topological polar surface area (TPSA) is 65.1 Å². The second kappa shape index (κ2) is 12.7. The highest BCUT2D eigenvalue weighted by molar-refractivity contribution is 9.13. The standard InChI is InChI=1S/C28H25Br2NO5S/c1-3-34-22-15-20(24(29)25(30)26(22)36-17-19-7-5-4-6-8-19)16-23-27(32)31(28(33)37-23)13-14-35-21-11-9-18(2)10-12-21/h4-12,15-16H,3,13-14,17H2,1-2H3/b23-16-. The first kappa shape index (κ1) is 27.3. The van der Waals surface area contributed by atoms with Crippen LogP contribution in [-0.4, -0.2) is 35.8 Å². The van der Waals surface area contributed by atoms with Crippen LogP contribution in [0, 0.1) is 6.92 Å². The lowest BCUT2D eigenvalue weighted by Crippen LogP contribution is -2.32. The highest BCUT2D eigenvalue weighted by atomic mass is 79.9. The van der Waals surface area contributed by atoms with E-state index in [1.165, 1.54) is 4.90 Å². The van der Waals surface area contributed by atoms with E-state index in [0.717, 1.165) is 22.9 Å². The SMILES string of the molecule is CCOc1cc(/C=C2\SC(=O)N(CCOc3ccc(C)cc3)C2=O)c(Br)c(Br)c1OCc1ccccc1. The number of hydrogen-bond acceptors (Lipinski definition) is 6. The first-order valence-electron chi connectivity index (χ1n) is 11.6. The van der Waals surface area contributed by atoms with E-state index in [1.807, 2.05) is 68.4 Å². The normalized spacial score (nSPS) is 14.4. The van der Waals surface area contributed by atoms with Crippen molar-refractivity contribution in [3.05, 3.63) is 91.2 Å². The number of aryl methyl sites for hydroxylation is 1. The average Bonchev–Trinajstić information content (AvgIpc) is 3.16. The summed E-state index contributed by atoms with van der Waals surface area (Å²) < 4.78 is 19.0. The van der Waals surface area contributed by atoms with Gasteiger partial charge in [-0.3, -0.25) is 14.5 Å². The predicted molar refractivity (Wildman–Crippen MR) is 153 cm³/mol. The molecule has 1 heterocycles. The molecule has 4 rings (SSSR count). The minimum atomic E-state index is -0.354. The molecule has 0 saturated carbocycles. The minimum Gasteiger partial charge on any atom is -0.492 e. The highest BCUT2D eigenvalue weighted by Gasteiger charge is 2.35. The van der Waals surface area contributed by atoms with Crippen LogP contribution in [0.4, 0.5) is 4.79 Å². The van der Waals surface area contributed by atoms with E-state index in [0.29, 0.717) is 49.9 Å². The molecule has 9 heteroatoms. The summed E-state index contributed by atoms with van der Waals surface area (Å²) in [6.07, 6.45) is 1.68. The Hall–Kier alpha value is -2.75. The van der Waals surface area contributed by atoms with Gasteiger partial charge < -0.3 is 14.2 Å². The minimum absolute atomic E-state index is 0.164. The van der Waals surface area contributed by atoms with Crippen LogP contribution in [0.5, 0.6) is 17.2 Å². The molecule has 0 aliphatic carbocycles. The highest BCUT2D eigenvalue weighted by Crippen LogP contribution is 2.45. The van der Waals surface area contributed by atoms with Gasteiger partial charge in [-0.05, 0) is 92.9 Å². The lowest BCUT2D eigenvalue weighted by atomic mass is 10.1. The number of halogens is 2.